The van der Waals surface area contributed by atoms with Crippen LogP contribution in [-0.2, 0) is 0 Å². The molecule has 0 bridgehead atoms. The fourth-order valence-corrected chi connectivity index (χ4v) is 3.29. The molecule has 100 valence electrons. The van der Waals surface area contributed by atoms with E-state index in [0.29, 0.717) is 0 Å². The van der Waals surface area contributed by atoms with Gasteiger partial charge in [-0.25, -0.2) is 0 Å². The van der Waals surface area contributed by atoms with Gasteiger partial charge in [-0.05, 0) is 51.1 Å². The summed E-state index contributed by atoms with van der Waals surface area (Å²) in [5, 5.41) is 0. The average Bonchev–Trinajstić information content (AvgIpc) is 2.83. The highest BCUT2D eigenvalue weighted by Crippen LogP contribution is 2.43. The van der Waals surface area contributed by atoms with Crippen LogP contribution in [0, 0.1) is 6.92 Å². The quantitative estimate of drug-likeness (QED) is 0.630. The van der Waals surface area contributed by atoms with Crippen LogP contribution in [0.3, 0.4) is 0 Å². The summed E-state index contributed by atoms with van der Waals surface area (Å²) in [5.41, 5.74) is 5.62. The smallest absolute Gasteiger partial charge is 0.0661 e. The molecule has 0 amide bonds. The maximum atomic E-state index is 5.87. The summed E-state index contributed by atoms with van der Waals surface area (Å²) in [7, 11) is 4.31. The van der Waals surface area contributed by atoms with Gasteiger partial charge in [0.2, 0.25) is 0 Å². The third kappa shape index (κ3) is 2.16. The van der Waals surface area contributed by atoms with Crippen molar-refractivity contribution in [2.24, 2.45) is 5.84 Å². The Labute approximate surface area is 110 Å². The Morgan fingerprint density at radius 2 is 2.06 bits per heavy atom. The number of nitrogens with one attached hydrogen (secondary N) is 1. The summed E-state index contributed by atoms with van der Waals surface area (Å²) in [5.74, 6) is 5.87. The van der Waals surface area contributed by atoms with E-state index in [1.54, 1.807) is 0 Å². The molecule has 0 radical (unpaired) electrons. The second-order valence-corrected chi connectivity index (χ2v) is 5.54. The maximum absolute atomic E-state index is 5.87. The number of rotatable bonds is 4. The third-order valence-electron chi connectivity index (χ3n) is 4.45. The maximum Gasteiger partial charge on any atom is 0.0661 e. The van der Waals surface area contributed by atoms with Crippen molar-refractivity contribution >= 4 is 0 Å². The normalized spacial score (nSPS) is 20.3. The monoisotopic (exact) mass is 248 g/mol. The van der Waals surface area contributed by atoms with Gasteiger partial charge in [-0.15, -0.1) is 0 Å². The number of nitrogens with two attached hydrogens (primary N) is 1. The molecule has 0 aliphatic heterocycles. The van der Waals surface area contributed by atoms with Gasteiger partial charge in [0.1, 0.15) is 0 Å². The summed E-state index contributed by atoms with van der Waals surface area (Å²) in [6.45, 7) is 2.12. The highest BCUT2D eigenvalue weighted by Gasteiger charge is 2.44. The lowest BCUT2D eigenvalue weighted by Gasteiger charge is -2.43. The molecular weight excluding hydrogens is 224 g/mol. The standard InChI is InChI=1S/C14H24N4/c1-11-6-9-16-10-12(11)13(17-15)14(18(2)3)7-4-5-8-14/h6,9-10,13,17H,4-5,7-8,15H2,1-3H3. The van der Waals surface area contributed by atoms with E-state index in [1.807, 2.05) is 12.4 Å². The molecule has 1 aromatic heterocycles. The van der Waals surface area contributed by atoms with Gasteiger partial charge < -0.3 is 4.90 Å². The molecule has 1 atom stereocenters. The molecular formula is C14H24N4. The average molecular weight is 248 g/mol. The molecule has 1 unspecified atom stereocenters. The van der Waals surface area contributed by atoms with Crippen LogP contribution in [0.4, 0.5) is 0 Å². The number of hydrazine groups is 1. The number of likely N-dealkylation sites (N-methyl/N-ethyl adjacent to an activating group) is 1. The van der Waals surface area contributed by atoms with Crippen LogP contribution in [0.15, 0.2) is 18.5 Å². The van der Waals surface area contributed by atoms with Crippen molar-refractivity contribution < 1.29 is 0 Å². The predicted octanol–water partition coefficient (Wildman–Crippen LogP) is 1.77. The number of aromatic nitrogens is 1. The highest BCUT2D eigenvalue weighted by molar-refractivity contribution is 5.29. The fourth-order valence-electron chi connectivity index (χ4n) is 3.29. The molecule has 2 rings (SSSR count). The van der Waals surface area contributed by atoms with E-state index in [1.165, 1.54) is 36.8 Å². The van der Waals surface area contributed by atoms with Gasteiger partial charge in [-0.1, -0.05) is 12.8 Å². The Morgan fingerprint density at radius 1 is 1.39 bits per heavy atom. The Kier molecular flexibility index (Phi) is 4.00. The minimum Gasteiger partial charge on any atom is -0.302 e. The van der Waals surface area contributed by atoms with Gasteiger partial charge in [0.05, 0.1) is 6.04 Å². The lowest BCUT2D eigenvalue weighted by Crippen LogP contribution is -2.53. The molecule has 1 saturated carbocycles. The van der Waals surface area contributed by atoms with Gasteiger partial charge in [0, 0.05) is 17.9 Å². The molecule has 1 aliphatic rings. The first-order chi connectivity index (χ1) is 8.62. The first-order valence-electron chi connectivity index (χ1n) is 6.66. The van der Waals surface area contributed by atoms with Crippen molar-refractivity contribution in [3.05, 3.63) is 29.6 Å². The minimum atomic E-state index is 0.114. The zero-order valence-electron chi connectivity index (χ0n) is 11.6. The Bertz CT molecular complexity index is 397. The molecule has 18 heavy (non-hydrogen) atoms. The lowest BCUT2D eigenvalue weighted by molar-refractivity contribution is 0.104. The van der Waals surface area contributed by atoms with Crippen LogP contribution in [0.25, 0.3) is 0 Å². The minimum absolute atomic E-state index is 0.114. The van der Waals surface area contributed by atoms with Crippen LogP contribution in [0.1, 0.15) is 42.9 Å². The first-order valence-corrected chi connectivity index (χ1v) is 6.66. The van der Waals surface area contributed by atoms with Crippen LogP contribution in [0.5, 0.6) is 0 Å². The zero-order valence-corrected chi connectivity index (χ0v) is 11.6. The van der Waals surface area contributed by atoms with E-state index in [4.69, 9.17) is 5.84 Å². The van der Waals surface area contributed by atoms with E-state index in [-0.39, 0.29) is 11.6 Å². The topological polar surface area (TPSA) is 54.2 Å². The number of hydrogen-bond donors (Lipinski definition) is 2. The molecule has 1 heterocycles. The molecule has 0 saturated heterocycles. The second-order valence-electron chi connectivity index (χ2n) is 5.54. The summed E-state index contributed by atoms with van der Waals surface area (Å²) in [4.78, 5) is 6.59. The summed E-state index contributed by atoms with van der Waals surface area (Å²) >= 11 is 0. The first kappa shape index (κ1) is 13.5. The van der Waals surface area contributed by atoms with E-state index in [9.17, 15) is 0 Å². The van der Waals surface area contributed by atoms with Crippen molar-refractivity contribution in [1.82, 2.24) is 15.3 Å². The summed E-state index contributed by atoms with van der Waals surface area (Å²) in [6.07, 6.45) is 8.70. The Morgan fingerprint density at radius 3 is 2.56 bits per heavy atom. The fraction of sp³-hybridized carbons (Fsp3) is 0.643. The van der Waals surface area contributed by atoms with E-state index in [2.05, 4.69) is 42.4 Å². The van der Waals surface area contributed by atoms with Gasteiger partial charge >= 0.3 is 0 Å². The number of aryl methyl sites for hydroxylation is 1. The van der Waals surface area contributed by atoms with Crippen molar-refractivity contribution in [3.63, 3.8) is 0 Å². The van der Waals surface area contributed by atoms with Crippen LogP contribution in [-0.4, -0.2) is 29.5 Å². The van der Waals surface area contributed by atoms with E-state index < -0.39 is 0 Å². The molecule has 1 aromatic rings. The van der Waals surface area contributed by atoms with Gasteiger partial charge in [-0.2, -0.15) is 0 Å². The number of nitrogens with zero attached hydrogens (tertiary/aromatic N) is 2. The molecule has 0 aromatic carbocycles. The molecule has 4 nitrogen and oxygen atoms in total. The molecule has 1 aliphatic carbocycles. The van der Waals surface area contributed by atoms with Gasteiger partial charge in [0.15, 0.2) is 0 Å². The van der Waals surface area contributed by atoms with E-state index >= 15 is 0 Å². The van der Waals surface area contributed by atoms with Crippen LogP contribution in [0.2, 0.25) is 0 Å². The van der Waals surface area contributed by atoms with Crippen molar-refractivity contribution in [3.8, 4) is 0 Å². The molecule has 0 spiro atoms. The Balaban J connectivity index is 2.41. The predicted molar refractivity (Wildman–Crippen MR) is 73.9 cm³/mol. The molecule has 4 heteroatoms. The van der Waals surface area contributed by atoms with Crippen LogP contribution < -0.4 is 11.3 Å². The highest BCUT2D eigenvalue weighted by atomic mass is 15.3. The number of hydrogen-bond acceptors (Lipinski definition) is 4. The SMILES string of the molecule is Cc1ccncc1C(NN)C1(N(C)C)CCCC1. The molecule has 3 N–H and O–H groups in total. The van der Waals surface area contributed by atoms with Crippen molar-refractivity contribution in [2.75, 3.05) is 14.1 Å². The Hall–Kier alpha value is -0.970. The van der Waals surface area contributed by atoms with Crippen molar-refractivity contribution in [2.45, 2.75) is 44.2 Å². The summed E-state index contributed by atoms with van der Waals surface area (Å²) in [6, 6.07) is 2.20. The molecule has 1 fully saturated rings. The lowest BCUT2D eigenvalue weighted by atomic mass is 9.82. The number of pyridine rings is 1. The van der Waals surface area contributed by atoms with Crippen LogP contribution >= 0.6 is 0 Å². The summed E-state index contributed by atoms with van der Waals surface area (Å²) < 4.78 is 0. The second kappa shape index (κ2) is 5.34. The zero-order chi connectivity index (χ0) is 13.2. The third-order valence-corrected chi connectivity index (χ3v) is 4.45. The largest absolute Gasteiger partial charge is 0.302 e. The van der Waals surface area contributed by atoms with E-state index in [0.717, 1.165) is 0 Å². The van der Waals surface area contributed by atoms with Crippen molar-refractivity contribution in [1.29, 1.82) is 0 Å². The van der Waals surface area contributed by atoms with Gasteiger partial charge in [-0.3, -0.25) is 16.3 Å². The van der Waals surface area contributed by atoms with Gasteiger partial charge in [0.25, 0.3) is 0 Å².